The zero-order valence-electron chi connectivity index (χ0n) is 11.6. The van der Waals surface area contributed by atoms with Crippen LogP contribution < -0.4 is 0 Å². The number of quaternary nitrogens is 1. The summed E-state index contributed by atoms with van der Waals surface area (Å²) in [6.07, 6.45) is 1.24. The molecule has 2 unspecified atom stereocenters. The second-order valence-corrected chi connectivity index (χ2v) is 6.09. The topological polar surface area (TPSA) is 3.24 Å². The Morgan fingerprint density at radius 1 is 1.47 bits per heavy atom. The molecule has 17 heavy (non-hydrogen) atoms. The molecule has 0 amide bonds. The average molecular weight is 247 g/mol. The third kappa shape index (κ3) is 2.97. The summed E-state index contributed by atoms with van der Waals surface area (Å²) < 4.78 is 26.8. The molecule has 0 saturated carbocycles. The van der Waals surface area contributed by atoms with Gasteiger partial charge in [-0.3, -0.25) is 0 Å². The van der Waals surface area contributed by atoms with Gasteiger partial charge >= 0.3 is 0 Å². The fraction of sp³-hybridized carbons (Fsp3) is 0.846. The summed E-state index contributed by atoms with van der Waals surface area (Å²) in [5.74, 6) is 0. The van der Waals surface area contributed by atoms with Crippen molar-refractivity contribution in [3.8, 4) is 0 Å². The highest BCUT2D eigenvalue weighted by Crippen LogP contribution is 2.35. The van der Waals surface area contributed by atoms with Gasteiger partial charge in [-0.2, -0.15) is 5.01 Å². The van der Waals surface area contributed by atoms with Crippen molar-refractivity contribution in [3.05, 3.63) is 11.8 Å². The van der Waals surface area contributed by atoms with Crippen LogP contribution in [-0.2, 0) is 0 Å². The van der Waals surface area contributed by atoms with Crippen LogP contribution in [0.3, 0.4) is 0 Å². The normalized spacial score (nSPS) is 27.2. The van der Waals surface area contributed by atoms with E-state index >= 15 is 0 Å². The summed E-state index contributed by atoms with van der Waals surface area (Å²) in [5.41, 5.74) is 1.20. The monoisotopic (exact) mass is 247 g/mol. The van der Waals surface area contributed by atoms with Gasteiger partial charge in [-0.15, -0.1) is 0 Å². The van der Waals surface area contributed by atoms with Gasteiger partial charge in [0.15, 0.2) is 0 Å². The molecule has 0 bridgehead atoms. The maximum absolute atomic E-state index is 13.7. The number of nitrogens with zero attached hydrogens (tertiary/aromatic N) is 2. The Morgan fingerprint density at radius 3 is 2.47 bits per heavy atom. The van der Waals surface area contributed by atoms with Gasteiger partial charge in [-0.25, -0.2) is 13.4 Å². The molecule has 0 aromatic heterocycles. The van der Waals surface area contributed by atoms with Crippen LogP contribution in [0.15, 0.2) is 11.8 Å². The molecule has 0 aromatic rings. The molecule has 1 aliphatic heterocycles. The Kier molecular flexibility index (Phi) is 4.18. The lowest BCUT2D eigenvalue weighted by Crippen LogP contribution is -2.56. The van der Waals surface area contributed by atoms with Crippen LogP contribution >= 0.6 is 0 Å². The number of likely N-dealkylation sites (N-methyl/N-ethyl adjacent to an activating group) is 1. The van der Waals surface area contributed by atoms with E-state index in [0.29, 0.717) is 4.59 Å². The van der Waals surface area contributed by atoms with Gasteiger partial charge < -0.3 is 0 Å². The summed E-state index contributed by atoms with van der Waals surface area (Å²) >= 11 is 0. The molecule has 2 atom stereocenters. The van der Waals surface area contributed by atoms with Crippen LogP contribution in [0.25, 0.3) is 0 Å². The summed E-state index contributed by atoms with van der Waals surface area (Å²) in [4.78, 5) is 0. The molecule has 2 nitrogen and oxygen atoms in total. The van der Waals surface area contributed by atoms with Gasteiger partial charge in [0.25, 0.3) is 0 Å². The molecule has 4 heteroatoms. The van der Waals surface area contributed by atoms with Gasteiger partial charge in [0.05, 0.1) is 13.2 Å². The predicted octanol–water partition coefficient (Wildman–Crippen LogP) is 3.27. The zero-order valence-corrected chi connectivity index (χ0v) is 11.6. The summed E-state index contributed by atoms with van der Waals surface area (Å²) in [6.45, 7) is 9.06. The molecule has 0 N–H and O–H groups in total. The van der Waals surface area contributed by atoms with Crippen LogP contribution in [0, 0.1) is 5.41 Å². The second kappa shape index (κ2) is 4.92. The lowest BCUT2D eigenvalue weighted by Gasteiger charge is -2.39. The van der Waals surface area contributed by atoms with Crippen LogP contribution in [0.1, 0.15) is 34.1 Å². The van der Waals surface area contributed by atoms with Crippen LogP contribution in [-0.4, -0.2) is 42.7 Å². The highest BCUT2D eigenvalue weighted by Gasteiger charge is 2.42. The number of rotatable bonds is 4. The number of alkyl halides is 2. The molecular formula is C13H25F2N2+. The first kappa shape index (κ1) is 14.4. The van der Waals surface area contributed by atoms with Crippen molar-refractivity contribution in [1.29, 1.82) is 0 Å². The predicted molar refractivity (Wildman–Crippen MR) is 66.5 cm³/mol. The first-order valence-electron chi connectivity index (χ1n) is 6.29. The van der Waals surface area contributed by atoms with E-state index in [2.05, 4.69) is 27.7 Å². The van der Waals surface area contributed by atoms with Crippen molar-refractivity contribution in [1.82, 2.24) is 5.01 Å². The number of halogens is 2. The lowest BCUT2D eigenvalue weighted by molar-refractivity contribution is -1.01. The van der Waals surface area contributed by atoms with Crippen molar-refractivity contribution in [2.75, 3.05) is 26.8 Å². The highest BCUT2D eigenvalue weighted by molar-refractivity contribution is 5.13. The van der Waals surface area contributed by atoms with Crippen molar-refractivity contribution in [3.63, 3.8) is 0 Å². The van der Waals surface area contributed by atoms with Crippen molar-refractivity contribution < 1.29 is 13.4 Å². The zero-order chi connectivity index (χ0) is 13.3. The van der Waals surface area contributed by atoms with Gasteiger partial charge in [0.1, 0.15) is 19.8 Å². The smallest absolute Gasteiger partial charge is 0.244 e. The van der Waals surface area contributed by atoms with Crippen LogP contribution in [0.5, 0.6) is 0 Å². The Morgan fingerprint density at radius 2 is 2.06 bits per heavy atom. The minimum Gasteiger partial charge on any atom is -0.246 e. The van der Waals surface area contributed by atoms with E-state index in [4.69, 9.17) is 0 Å². The SMILES string of the molecule is CCC[N+]1(C)CC(C(C)(C)C)=CN1C(F)CF. The Hall–Kier alpha value is -0.640. The molecule has 0 fully saturated rings. The minimum atomic E-state index is -1.54. The van der Waals surface area contributed by atoms with Gasteiger partial charge in [0, 0.05) is 5.57 Å². The van der Waals surface area contributed by atoms with Gasteiger partial charge in [0.2, 0.25) is 6.30 Å². The molecule has 1 aliphatic rings. The highest BCUT2D eigenvalue weighted by atomic mass is 19.2. The molecule has 1 rings (SSSR count). The quantitative estimate of drug-likeness (QED) is 0.544. The third-order valence-electron chi connectivity index (χ3n) is 3.44. The maximum Gasteiger partial charge on any atom is 0.244 e. The molecular weight excluding hydrogens is 222 g/mol. The van der Waals surface area contributed by atoms with E-state index in [1.165, 1.54) is 10.6 Å². The Balaban J connectivity index is 2.97. The maximum atomic E-state index is 13.7. The largest absolute Gasteiger partial charge is 0.246 e. The van der Waals surface area contributed by atoms with E-state index in [1.807, 2.05) is 13.2 Å². The van der Waals surface area contributed by atoms with E-state index in [1.54, 1.807) is 0 Å². The standard InChI is InChI=1S/C13H25F2N2/c1-6-7-17(5)10-11(13(2,3)4)9-16(17)12(15)8-14/h9,12H,6-8,10H2,1-5H3/q+1. The number of hydrogen-bond donors (Lipinski definition) is 0. The molecule has 0 spiro atoms. The molecule has 0 radical (unpaired) electrons. The van der Waals surface area contributed by atoms with Crippen molar-refractivity contribution >= 4 is 0 Å². The first-order chi connectivity index (χ1) is 7.74. The molecule has 1 heterocycles. The Bertz CT molecular complexity index is 296. The third-order valence-corrected chi connectivity index (χ3v) is 3.44. The lowest BCUT2D eigenvalue weighted by atomic mass is 9.87. The Labute approximate surface area is 103 Å². The fourth-order valence-corrected chi connectivity index (χ4v) is 2.35. The van der Waals surface area contributed by atoms with E-state index < -0.39 is 13.0 Å². The minimum absolute atomic E-state index is 0.0119. The molecule has 0 aliphatic carbocycles. The van der Waals surface area contributed by atoms with Gasteiger partial charge in [-0.1, -0.05) is 27.7 Å². The average Bonchev–Trinajstić information content (AvgIpc) is 2.55. The van der Waals surface area contributed by atoms with Gasteiger partial charge in [-0.05, 0) is 11.8 Å². The van der Waals surface area contributed by atoms with E-state index in [0.717, 1.165) is 19.5 Å². The second-order valence-electron chi connectivity index (χ2n) is 6.09. The molecule has 100 valence electrons. The molecule has 0 saturated heterocycles. The summed E-state index contributed by atoms with van der Waals surface area (Å²) in [6, 6.07) is 0. The van der Waals surface area contributed by atoms with E-state index in [-0.39, 0.29) is 5.41 Å². The van der Waals surface area contributed by atoms with Crippen LogP contribution in [0.2, 0.25) is 0 Å². The first-order valence-corrected chi connectivity index (χ1v) is 6.29. The summed E-state index contributed by atoms with van der Waals surface area (Å²) in [5, 5.41) is 1.53. The van der Waals surface area contributed by atoms with E-state index in [9.17, 15) is 8.78 Å². The van der Waals surface area contributed by atoms with Crippen molar-refractivity contribution in [2.24, 2.45) is 5.41 Å². The fourth-order valence-electron chi connectivity index (χ4n) is 2.35. The number of hydrogen-bond acceptors (Lipinski definition) is 1. The van der Waals surface area contributed by atoms with Crippen molar-refractivity contribution in [2.45, 2.75) is 40.4 Å². The summed E-state index contributed by atoms with van der Waals surface area (Å²) in [7, 11) is 1.97. The van der Waals surface area contributed by atoms with Crippen LogP contribution in [0.4, 0.5) is 8.78 Å². The molecule has 0 aromatic carbocycles.